The van der Waals surface area contributed by atoms with Crippen LogP contribution >= 0.6 is 23.4 Å². The van der Waals surface area contributed by atoms with E-state index in [9.17, 15) is 4.79 Å². The van der Waals surface area contributed by atoms with E-state index in [0.29, 0.717) is 28.3 Å². The first-order valence-corrected chi connectivity index (χ1v) is 10.9. The number of halogens is 1. The molecule has 0 aliphatic heterocycles. The number of hydrogen-bond donors (Lipinski definition) is 1. The maximum Gasteiger partial charge on any atom is 0.408 e. The molecular formula is C22H24ClN3O3S. The van der Waals surface area contributed by atoms with Crippen LogP contribution < -0.4 is 5.32 Å². The zero-order valence-electron chi connectivity index (χ0n) is 17.1. The number of hydrogen-bond acceptors (Lipinski definition) is 6. The van der Waals surface area contributed by atoms with Crippen molar-refractivity contribution in [1.82, 2.24) is 15.5 Å². The van der Waals surface area contributed by atoms with Crippen molar-refractivity contribution in [3.8, 4) is 0 Å². The molecule has 1 aromatic heterocycles. The second-order valence-corrected chi connectivity index (χ2v) is 9.01. The highest BCUT2D eigenvalue weighted by Gasteiger charge is 2.25. The second-order valence-electron chi connectivity index (χ2n) is 7.67. The van der Waals surface area contributed by atoms with Crippen LogP contribution in [0.5, 0.6) is 0 Å². The zero-order chi connectivity index (χ0) is 21.6. The van der Waals surface area contributed by atoms with Crippen molar-refractivity contribution in [2.24, 2.45) is 0 Å². The highest BCUT2D eigenvalue weighted by atomic mass is 35.5. The van der Waals surface area contributed by atoms with Crippen LogP contribution in [-0.2, 0) is 16.9 Å². The van der Waals surface area contributed by atoms with Crippen molar-refractivity contribution in [1.29, 1.82) is 0 Å². The molecular weight excluding hydrogens is 422 g/mol. The smallest absolute Gasteiger partial charge is 0.408 e. The van der Waals surface area contributed by atoms with Crippen molar-refractivity contribution < 1.29 is 13.9 Å². The van der Waals surface area contributed by atoms with E-state index in [4.69, 9.17) is 20.8 Å². The monoisotopic (exact) mass is 445 g/mol. The number of thioether (sulfide) groups is 1. The van der Waals surface area contributed by atoms with Gasteiger partial charge in [-0.05, 0) is 38.0 Å². The van der Waals surface area contributed by atoms with Gasteiger partial charge >= 0.3 is 6.09 Å². The lowest BCUT2D eigenvalue weighted by molar-refractivity contribution is 0.0494. The van der Waals surface area contributed by atoms with Gasteiger partial charge in [-0.2, -0.15) is 0 Å². The number of ether oxygens (including phenoxy) is 1. The molecule has 8 heteroatoms. The van der Waals surface area contributed by atoms with Crippen LogP contribution in [0.1, 0.15) is 43.8 Å². The minimum atomic E-state index is -0.605. The Kier molecular flexibility index (Phi) is 7.39. The molecule has 0 aliphatic rings. The molecule has 0 spiro atoms. The molecule has 2 aromatic carbocycles. The number of nitrogens with zero attached hydrogens (tertiary/aromatic N) is 2. The third kappa shape index (κ3) is 6.78. The van der Waals surface area contributed by atoms with Gasteiger partial charge in [-0.25, -0.2) is 4.79 Å². The molecule has 158 valence electrons. The summed E-state index contributed by atoms with van der Waals surface area (Å²) in [5.41, 5.74) is 1.41. The van der Waals surface area contributed by atoms with Gasteiger partial charge in [0.15, 0.2) is 0 Å². The Bertz CT molecular complexity index is 973. The van der Waals surface area contributed by atoms with Gasteiger partial charge in [0, 0.05) is 17.2 Å². The SMILES string of the molecule is CC(C)(C)OC(=O)NC(Cc1ccccc1)c1nnc(SCc2ccccc2Cl)o1. The summed E-state index contributed by atoms with van der Waals surface area (Å²) in [5.74, 6) is 0.927. The number of carbonyl (C=O) groups excluding carboxylic acids is 1. The van der Waals surface area contributed by atoms with Crippen LogP contribution in [0.2, 0.25) is 5.02 Å². The average molecular weight is 446 g/mol. The highest BCUT2D eigenvalue weighted by molar-refractivity contribution is 7.98. The predicted octanol–water partition coefficient (Wildman–Crippen LogP) is 5.82. The Labute approximate surface area is 185 Å². The molecule has 1 atom stereocenters. The largest absolute Gasteiger partial charge is 0.444 e. The first kappa shape index (κ1) is 22.2. The van der Waals surface area contributed by atoms with E-state index in [0.717, 1.165) is 11.1 Å². The summed E-state index contributed by atoms with van der Waals surface area (Å²) < 4.78 is 11.2. The molecule has 30 heavy (non-hydrogen) atoms. The molecule has 0 saturated carbocycles. The summed E-state index contributed by atoms with van der Waals surface area (Å²) in [6.45, 7) is 5.44. The lowest BCUT2D eigenvalue weighted by atomic mass is 10.1. The number of alkyl carbamates (subject to hydrolysis) is 1. The molecule has 0 bridgehead atoms. The highest BCUT2D eigenvalue weighted by Crippen LogP contribution is 2.27. The third-order valence-electron chi connectivity index (χ3n) is 4.00. The van der Waals surface area contributed by atoms with Crippen LogP contribution in [0.4, 0.5) is 4.79 Å². The van der Waals surface area contributed by atoms with Crippen molar-refractivity contribution >= 4 is 29.5 Å². The molecule has 3 rings (SSSR count). The minimum absolute atomic E-state index is 0.325. The predicted molar refractivity (Wildman–Crippen MR) is 118 cm³/mol. The first-order valence-electron chi connectivity index (χ1n) is 9.53. The van der Waals surface area contributed by atoms with E-state index in [-0.39, 0.29) is 0 Å². The standard InChI is InChI=1S/C22H24ClN3O3S/c1-22(2,3)29-20(27)24-18(13-15-9-5-4-6-10-15)19-25-26-21(28-19)30-14-16-11-7-8-12-17(16)23/h4-12,18H,13-14H2,1-3H3,(H,24,27). The Hall–Kier alpha value is -2.51. The van der Waals surface area contributed by atoms with E-state index in [1.165, 1.54) is 11.8 Å². The molecule has 1 amide bonds. The van der Waals surface area contributed by atoms with Crippen molar-refractivity contribution in [2.75, 3.05) is 0 Å². The molecule has 1 N–H and O–H groups in total. The van der Waals surface area contributed by atoms with Crippen LogP contribution in [0, 0.1) is 0 Å². The maximum absolute atomic E-state index is 12.3. The first-order chi connectivity index (χ1) is 14.3. The van der Waals surface area contributed by atoms with E-state index in [1.807, 2.05) is 75.4 Å². The number of nitrogens with one attached hydrogen (secondary N) is 1. The molecule has 0 aliphatic carbocycles. The van der Waals surface area contributed by atoms with Gasteiger partial charge in [-0.1, -0.05) is 71.9 Å². The van der Waals surface area contributed by atoms with Crippen molar-refractivity contribution in [3.63, 3.8) is 0 Å². The lowest BCUT2D eigenvalue weighted by Gasteiger charge is -2.22. The number of benzene rings is 2. The Morgan fingerprint density at radius 2 is 1.83 bits per heavy atom. The van der Waals surface area contributed by atoms with Gasteiger partial charge in [0.25, 0.3) is 5.22 Å². The summed E-state index contributed by atoms with van der Waals surface area (Å²) in [4.78, 5) is 12.3. The average Bonchev–Trinajstić information content (AvgIpc) is 3.15. The Balaban J connectivity index is 1.72. The molecule has 0 radical (unpaired) electrons. The summed E-state index contributed by atoms with van der Waals surface area (Å²) in [6.07, 6.45) is -0.0384. The van der Waals surface area contributed by atoms with Crippen LogP contribution in [0.3, 0.4) is 0 Å². The van der Waals surface area contributed by atoms with Gasteiger partial charge < -0.3 is 14.5 Å². The number of rotatable bonds is 7. The third-order valence-corrected chi connectivity index (χ3v) is 5.24. The normalized spacial score (nSPS) is 12.4. The summed E-state index contributed by atoms with van der Waals surface area (Å²) in [7, 11) is 0. The van der Waals surface area contributed by atoms with Gasteiger partial charge in [-0.3, -0.25) is 0 Å². The Morgan fingerprint density at radius 3 is 2.53 bits per heavy atom. The van der Waals surface area contributed by atoms with E-state index < -0.39 is 17.7 Å². The summed E-state index contributed by atoms with van der Waals surface area (Å²) in [6, 6.07) is 16.9. The molecule has 3 aromatic rings. The van der Waals surface area contributed by atoms with Crippen molar-refractivity contribution in [3.05, 3.63) is 76.6 Å². The van der Waals surface area contributed by atoms with Gasteiger partial charge in [-0.15, -0.1) is 10.2 Å². The molecule has 6 nitrogen and oxygen atoms in total. The Morgan fingerprint density at radius 1 is 1.13 bits per heavy atom. The van der Waals surface area contributed by atoms with Crippen LogP contribution in [0.25, 0.3) is 0 Å². The maximum atomic E-state index is 12.3. The molecule has 0 saturated heterocycles. The van der Waals surface area contributed by atoms with Gasteiger partial charge in [0.1, 0.15) is 11.6 Å². The minimum Gasteiger partial charge on any atom is -0.444 e. The number of carbonyl (C=O) groups is 1. The number of aromatic nitrogens is 2. The molecule has 1 unspecified atom stereocenters. The fraction of sp³-hybridized carbons (Fsp3) is 0.318. The quantitative estimate of drug-likeness (QED) is 0.461. The van der Waals surface area contributed by atoms with Gasteiger partial charge in [0.2, 0.25) is 5.89 Å². The van der Waals surface area contributed by atoms with E-state index >= 15 is 0 Å². The van der Waals surface area contributed by atoms with E-state index in [2.05, 4.69) is 15.5 Å². The summed E-state index contributed by atoms with van der Waals surface area (Å²) in [5, 5.41) is 12.2. The van der Waals surface area contributed by atoms with E-state index in [1.54, 1.807) is 0 Å². The second kappa shape index (κ2) is 10.00. The van der Waals surface area contributed by atoms with Gasteiger partial charge in [0.05, 0.1) is 0 Å². The van der Waals surface area contributed by atoms with Crippen LogP contribution in [-0.4, -0.2) is 21.9 Å². The zero-order valence-corrected chi connectivity index (χ0v) is 18.7. The molecule has 1 heterocycles. The lowest BCUT2D eigenvalue weighted by Crippen LogP contribution is -2.36. The fourth-order valence-electron chi connectivity index (χ4n) is 2.67. The molecule has 0 fully saturated rings. The van der Waals surface area contributed by atoms with Crippen molar-refractivity contribution in [2.45, 2.75) is 49.8 Å². The topological polar surface area (TPSA) is 77.2 Å². The van der Waals surface area contributed by atoms with Crippen LogP contribution in [0.15, 0.2) is 64.2 Å². The number of amides is 1. The summed E-state index contributed by atoms with van der Waals surface area (Å²) >= 11 is 7.60. The fourth-order valence-corrected chi connectivity index (χ4v) is 3.73.